The molecule has 1 aromatic carbocycles. The van der Waals surface area contributed by atoms with Gasteiger partial charge in [0.25, 0.3) is 5.91 Å². The summed E-state index contributed by atoms with van der Waals surface area (Å²) in [5.74, 6) is -0.291. The van der Waals surface area contributed by atoms with Crippen LogP contribution in [-0.2, 0) is 9.53 Å². The Balaban J connectivity index is 1.57. The number of hydrogen-bond donors (Lipinski definition) is 2. The number of hydrogen-bond acceptors (Lipinski definition) is 5. The van der Waals surface area contributed by atoms with Gasteiger partial charge in [-0.1, -0.05) is 30.3 Å². The Labute approximate surface area is 158 Å². The fraction of sp³-hybridized carbons (Fsp3) is 0.400. The maximum Gasteiger partial charge on any atom is 0.271 e. The van der Waals surface area contributed by atoms with Crippen LogP contribution in [-0.4, -0.2) is 40.5 Å². The molecule has 0 aliphatic carbocycles. The SMILES string of the molecule is CC(=O)N[C@H]1C[C@@H](CCNC(=O)c2cnccn2)O[C@@H](c2ccccc2)C1. The molecule has 1 aliphatic rings. The number of amides is 2. The maximum absolute atomic E-state index is 12.1. The van der Waals surface area contributed by atoms with Gasteiger partial charge in [0.1, 0.15) is 5.69 Å². The first-order chi connectivity index (χ1) is 13.1. The summed E-state index contributed by atoms with van der Waals surface area (Å²) < 4.78 is 6.24. The molecule has 0 radical (unpaired) electrons. The van der Waals surface area contributed by atoms with E-state index in [-0.39, 0.29) is 30.1 Å². The molecule has 1 aliphatic heterocycles. The van der Waals surface area contributed by atoms with Crippen molar-refractivity contribution in [3.05, 3.63) is 60.2 Å². The number of benzene rings is 1. The van der Waals surface area contributed by atoms with E-state index in [1.165, 1.54) is 25.5 Å². The molecule has 2 amide bonds. The fourth-order valence-electron chi connectivity index (χ4n) is 3.34. The van der Waals surface area contributed by atoms with Crippen molar-refractivity contribution >= 4 is 11.8 Å². The lowest BCUT2D eigenvalue weighted by atomic mass is 9.93. The van der Waals surface area contributed by atoms with E-state index in [9.17, 15) is 9.59 Å². The van der Waals surface area contributed by atoms with Gasteiger partial charge in [0.05, 0.1) is 18.4 Å². The molecule has 0 bridgehead atoms. The van der Waals surface area contributed by atoms with Crippen LogP contribution in [0.3, 0.4) is 0 Å². The van der Waals surface area contributed by atoms with Crippen LogP contribution in [0.1, 0.15) is 48.3 Å². The predicted molar refractivity (Wildman–Crippen MR) is 99.9 cm³/mol. The Morgan fingerprint density at radius 1 is 1.19 bits per heavy atom. The normalized spacial score (nSPS) is 22.0. The number of carbonyl (C=O) groups excluding carboxylic acids is 2. The second-order valence-electron chi connectivity index (χ2n) is 6.66. The highest BCUT2D eigenvalue weighted by atomic mass is 16.5. The molecule has 2 heterocycles. The first kappa shape index (κ1) is 19.0. The van der Waals surface area contributed by atoms with Crippen LogP contribution in [0.15, 0.2) is 48.9 Å². The molecule has 2 aromatic rings. The van der Waals surface area contributed by atoms with E-state index >= 15 is 0 Å². The van der Waals surface area contributed by atoms with Crippen molar-refractivity contribution in [1.29, 1.82) is 0 Å². The van der Waals surface area contributed by atoms with E-state index in [2.05, 4.69) is 20.6 Å². The standard InChI is InChI=1S/C20H24N4O3/c1-14(25)24-16-11-17(27-19(12-16)15-5-3-2-4-6-15)7-8-23-20(26)18-13-21-9-10-22-18/h2-6,9-10,13,16-17,19H,7-8,11-12H2,1H3,(H,23,26)(H,24,25)/t16-,17+,19+/m0/s1. The van der Waals surface area contributed by atoms with Crippen LogP contribution in [0.2, 0.25) is 0 Å². The molecule has 0 unspecified atom stereocenters. The molecule has 142 valence electrons. The maximum atomic E-state index is 12.1. The fourth-order valence-corrected chi connectivity index (χ4v) is 3.34. The smallest absolute Gasteiger partial charge is 0.271 e. The number of carbonyl (C=O) groups is 2. The lowest BCUT2D eigenvalue weighted by Gasteiger charge is -2.36. The molecule has 1 fully saturated rings. The van der Waals surface area contributed by atoms with Crippen LogP contribution in [0, 0.1) is 0 Å². The highest BCUT2D eigenvalue weighted by molar-refractivity contribution is 5.91. The first-order valence-corrected chi connectivity index (χ1v) is 9.13. The second kappa shape index (κ2) is 9.23. The Morgan fingerprint density at radius 3 is 2.70 bits per heavy atom. The molecular weight excluding hydrogens is 344 g/mol. The van der Waals surface area contributed by atoms with Gasteiger partial charge < -0.3 is 15.4 Å². The number of nitrogens with zero attached hydrogens (tertiary/aromatic N) is 2. The van der Waals surface area contributed by atoms with E-state index < -0.39 is 0 Å². The third-order valence-electron chi connectivity index (χ3n) is 4.53. The summed E-state index contributed by atoms with van der Waals surface area (Å²) >= 11 is 0. The Bertz CT molecular complexity index is 754. The molecule has 1 saturated heterocycles. The number of nitrogens with one attached hydrogen (secondary N) is 2. The van der Waals surface area contributed by atoms with Gasteiger partial charge in [-0.15, -0.1) is 0 Å². The Kier molecular flexibility index (Phi) is 6.49. The van der Waals surface area contributed by atoms with Gasteiger partial charge >= 0.3 is 0 Å². The predicted octanol–water partition coefficient (Wildman–Crippen LogP) is 2.02. The highest BCUT2D eigenvalue weighted by Gasteiger charge is 2.30. The summed E-state index contributed by atoms with van der Waals surface area (Å²) in [5, 5.41) is 5.86. The van der Waals surface area contributed by atoms with Gasteiger partial charge in [-0.05, 0) is 24.8 Å². The zero-order chi connectivity index (χ0) is 19.1. The van der Waals surface area contributed by atoms with Crippen LogP contribution in [0.25, 0.3) is 0 Å². The monoisotopic (exact) mass is 368 g/mol. The van der Waals surface area contributed by atoms with E-state index in [0.717, 1.165) is 18.4 Å². The summed E-state index contributed by atoms with van der Waals surface area (Å²) in [6, 6.07) is 10.1. The summed E-state index contributed by atoms with van der Waals surface area (Å²) in [6.45, 7) is 2.00. The third-order valence-corrected chi connectivity index (χ3v) is 4.53. The topological polar surface area (TPSA) is 93.2 Å². The Hall–Kier alpha value is -2.80. The van der Waals surface area contributed by atoms with Gasteiger partial charge in [-0.2, -0.15) is 0 Å². The molecule has 3 rings (SSSR count). The Morgan fingerprint density at radius 2 is 2.00 bits per heavy atom. The molecule has 7 heteroatoms. The first-order valence-electron chi connectivity index (χ1n) is 9.13. The highest BCUT2D eigenvalue weighted by Crippen LogP contribution is 2.32. The molecule has 2 N–H and O–H groups in total. The third kappa shape index (κ3) is 5.59. The number of ether oxygens (including phenoxy) is 1. The number of rotatable bonds is 6. The molecule has 7 nitrogen and oxygen atoms in total. The zero-order valence-corrected chi connectivity index (χ0v) is 15.3. The van der Waals surface area contributed by atoms with Crippen LogP contribution in [0.5, 0.6) is 0 Å². The van der Waals surface area contributed by atoms with Crippen molar-refractivity contribution in [2.45, 2.75) is 44.4 Å². The molecule has 0 spiro atoms. The van der Waals surface area contributed by atoms with E-state index in [4.69, 9.17) is 4.74 Å². The quantitative estimate of drug-likeness (QED) is 0.814. The summed E-state index contributed by atoms with van der Waals surface area (Å²) in [6.07, 6.45) is 6.45. The van der Waals surface area contributed by atoms with Gasteiger partial charge in [0.2, 0.25) is 5.91 Å². The average molecular weight is 368 g/mol. The van der Waals surface area contributed by atoms with Crippen molar-refractivity contribution in [3.8, 4) is 0 Å². The van der Waals surface area contributed by atoms with E-state index in [0.29, 0.717) is 18.7 Å². The van der Waals surface area contributed by atoms with Gasteiger partial charge in [-0.25, -0.2) is 4.98 Å². The minimum atomic E-state index is -0.253. The minimum Gasteiger partial charge on any atom is -0.370 e. The van der Waals surface area contributed by atoms with Gasteiger partial charge in [-0.3, -0.25) is 14.6 Å². The average Bonchev–Trinajstić information content (AvgIpc) is 2.68. The van der Waals surface area contributed by atoms with Gasteiger partial charge in [0.15, 0.2) is 0 Å². The molecule has 0 saturated carbocycles. The minimum absolute atomic E-state index is 0.0385. The molecular formula is C20H24N4O3. The van der Waals surface area contributed by atoms with E-state index in [1.54, 1.807) is 0 Å². The van der Waals surface area contributed by atoms with Crippen LogP contribution in [0.4, 0.5) is 0 Å². The van der Waals surface area contributed by atoms with Crippen molar-refractivity contribution < 1.29 is 14.3 Å². The summed E-state index contributed by atoms with van der Waals surface area (Å²) in [4.78, 5) is 31.5. The largest absolute Gasteiger partial charge is 0.370 e. The zero-order valence-electron chi connectivity index (χ0n) is 15.3. The van der Waals surface area contributed by atoms with Crippen molar-refractivity contribution in [3.63, 3.8) is 0 Å². The molecule has 1 aromatic heterocycles. The van der Waals surface area contributed by atoms with Crippen LogP contribution >= 0.6 is 0 Å². The van der Waals surface area contributed by atoms with Crippen LogP contribution < -0.4 is 10.6 Å². The second-order valence-corrected chi connectivity index (χ2v) is 6.66. The van der Waals surface area contributed by atoms with Gasteiger partial charge in [0, 0.05) is 31.9 Å². The van der Waals surface area contributed by atoms with E-state index in [1.807, 2.05) is 30.3 Å². The van der Waals surface area contributed by atoms with Crippen molar-refractivity contribution in [1.82, 2.24) is 20.6 Å². The number of aromatic nitrogens is 2. The lowest BCUT2D eigenvalue weighted by molar-refractivity contribution is -0.122. The summed E-state index contributed by atoms with van der Waals surface area (Å²) in [7, 11) is 0. The molecule has 3 atom stereocenters. The molecule has 27 heavy (non-hydrogen) atoms. The van der Waals surface area contributed by atoms with Crippen molar-refractivity contribution in [2.24, 2.45) is 0 Å². The summed E-state index contributed by atoms with van der Waals surface area (Å²) in [5.41, 5.74) is 1.39. The van der Waals surface area contributed by atoms with Crippen molar-refractivity contribution in [2.75, 3.05) is 6.54 Å². The lowest BCUT2D eigenvalue weighted by Crippen LogP contribution is -2.43.